The summed E-state index contributed by atoms with van der Waals surface area (Å²) in [5, 5.41) is 1.77. The number of hydrogen-bond donors (Lipinski definition) is 0. The Kier molecular flexibility index (Phi) is 4.76. The fraction of sp³-hybridized carbons (Fsp3) is 0.250. The van der Waals surface area contributed by atoms with Crippen molar-refractivity contribution in [1.29, 1.82) is 0 Å². The third kappa shape index (κ3) is 3.08. The van der Waals surface area contributed by atoms with Gasteiger partial charge in [-0.1, -0.05) is 46.4 Å². The van der Waals surface area contributed by atoms with Crippen LogP contribution in [0.4, 0.5) is 0 Å². The highest BCUT2D eigenvalue weighted by molar-refractivity contribution is 6.38. The van der Waals surface area contributed by atoms with Gasteiger partial charge in [-0.15, -0.1) is 0 Å². The van der Waals surface area contributed by atoms with Crippen molar-refractivity contribution >= 4 is 54.1 Å². The summed E-state index contributed by atoms with van der Waals surface area (Å²) in [6.07, 6.45) is 1.35. The average molecular weight is 420 g/mol. The first-order valence-electron chi connectivity index (χ1n) is 7.59. The van der Waals surface area contributed by atoms with E-state index in [1.54, 1.807) is 12.1 Å². The van der Waals surface area contributed by atoms with E-state index in [2.05, 4.69) is 0 Å². The van der Waals surface area contributed by atoms with Crippen LogP contribution < -0.4 is 18.8 Å². The van der Waals surface area contributed by atoms with Crippen molar-refractivity contribution in [1.82, 2.24) is 0 Å². The maximum atomic E-state index is 6.26. The fourth-order valence-electron chi connectivity index (χ4n) is 3.00. The standard InChI is InChI=1S/C16H11BCl4O4/c18-9-5-11(20)15(7-1-3-22-13(7)9)24-17-25-16-8-2-4-23-14(8)10(19)6-12(16)21/h5-6,17H,1-4H2. The Morgan fingerprint density at radius 3 is 1.60 bits per heavy atom. The highest BCUT2D eigenvalue weighted by Gasteiger charge is 2.26. The summed E-state index contributed by atoms with van der Waals surface area (Å²) in [5.74, 6) is 2.24. The minimum Gasteiger partial charge on any atom is -0.527 e. The first kappa shape index (κ1) is 17.3. The number of ether oxygens (including phenoxy) is 2. The Morgan fingerprint density at radius 2 is 1.16 bits per heavy atom. The maximum Gasteiger partial charge on any atom is 0.576 e. The molecule has 0 bridgehead atoms. The molecule has 0 aromatic heterocycles. The third-order valence-electron chi connectivity index (χ3n) is 4.07. The van der Waals surface area contributed by atoms with Crippen molar-refractivity contribution in [2.24, 2.45) is 0 Å². The van der Waals surface area contributed by atoms with Gasteiger partial charge in [0.1, 0.15) is 23.0 Å². The normalized spacial score (nSPS) is 14.4. The zero-order chi connectivity index (χ0) is 17.6. The average Bonchev–Trinajstić information content (AvgIpc) is 3.22. The molecule has 0 fully saturated rings. The van der Waals surface area contributed by atoms with Crippen molar-refractivity contribution < 1.29 is 18.8 Å². The quantitative estimate of drug-likeness (QED) is 0.661. The molecule has 9 heteroatoms. The molecule has 4 nitrogen and oxygen atoms in total. The van der Waals surface area contributed by atoms with Gasteiger partial charge in [-0.2, -0.15) is 0 Å². The Morgan fingerprint density at radius 1 is 0.720 bits per heavy atom. The molecule has 0 saturated heterocycles. The van der Waals surface area contributed by atoms with E-state index < -0.39 is 0 Å². The molecule has 2 aromatic rings. The SMILES string of the molecule is Clc1cc(Cl)c2c(c1OBOc1c(Cl)cc(Cl)c3c1CCO3)CCO2. The second kappa shape index (κ2) is 6.88. The first-order valence-corrected chi connectivity index (χ1v) is 9.10. The van der Waals surface area contributed by atoms with Crippen LogP contribution in [0.5, 0.6) is 23.0 Å². The molecule has 0 spiro atoms. The summed E-state index contributed by atoms with van der Waals surface area (Å²) in [6.45, 7) is 1.08. The molecule has 0 atom stereocenters. The number of hydrogen-bond acceptors (Lipinski definition) is 4. The number of halogens is 4. The van der Waals surface area contributed by atoms with Crippen LogP contribution in [0.3, 0.4) is 0 Å². The molecule has 0 amide bonds. The zero-order valence-electron chi connectivity index (χ0n) is 12.8. The zero-order valence-corrected chi connectivity index (χ0v) is 15.9. The molecule has 0 radical (unpaired) electrons. The van der Waals surface area contributed by atoms with E-state index in [0.717, 1.165) is 11.1 Å². The molecule has 2 aromatic carbocycles. The van der Waals surface area contributed by atoms with Gasteiger partial charge in [0.25, 0.3) is 0 Å². The second-order valence-corrected chi connectivity index (χ2v) is 7.19. The lowest BCUT2D eigenvalue weighted by molar-refractivity contribution is 0.357. The molecule has 2 heterocycles. The molecule has 25 heavy (non-hydrogen) atoms. The lowest BCUT2D eigenvalue weighted by Crippen LogP contribution is -2.13. The lowest BCUT2D eigenvalue weighted by Gasteiger charge is -2.15. The Hall–Kier alpha value is -1.14. The summed E-state index contributed by atoms with van der Waals surface area (Å²) in [7, 11) is -0.0679. The summed E-state index contributed by atoms with van der Waals surface area (Å²) in [5.41, 5.74) is 1.69. The predicted octanol–water partition coefficient (Wildman–Crippen LogP) is 4.89. The van der Waals surface area contributed by atoms with Crippen LogP contribution in [-0.4, -0.2) is 20.9 Å². The van der Waals surface area contributed by atoms with Crippen LogP contribution in [0.25, 0.3) is 0 Å². The highest BCUT2D eigenvalue weighted by atomic mass is 35.5. The van der Waals surface area contributed by atoms with E-state index in [0.29, 0.717) is 69.1 Å². The smallest absolute Gasteiger partial charge is 0.527 e. The molecular weight excluding hydrogens is 409 g/mol. The van der Waals surface area contributed by atoms with Crippen molar-refractivity contribution in [3.63, 3.8) is 0 Å². The Bertz CT molecular complexity index is 790. The summed E-state index contributed by atoms with van der Waals surface area (Å²) in [4.78, 5) is 0. The van der Waals surface area contributed by atoms with Crippen LogP contribution in [0.15, 0.2) is 12.1 Å². The second-order valence-electron chi connectivity index (χ2n) is 5.56. The molecule has 2 aliphatic rings. The topological polar surface area (TPSA) is 36.9 Å². The van der Waals surface area contributed by atoms with Crippen molar-refractivity contribution in [3.8, 4) is 23.0 Å². The largest absolute Gasteiger partial charge is 0.576 e. The first-order chi connectivity index (χ1) is 12.1. The van der Waals surface area contributed by atoms with Crippen LogP contribution in [0.2, 0.25) is 20.1 Å². The van der Waals surface area contributed by atoms with Crippen molar-refractivity contribution in [3.05, 3.63) is 43.4 Å². The van der Waals surface area contributed by atoms with E-state index in [1.165, 1.54) is 0 Å². The number of fused-ring (bicyclic) bond motifs is 2. The van der Waals surface area contributed by atoms with Crippen LogP contribution in [-0.2, 0) is 12.8 Å². The number of rotatable bonds is 4. The van der Waals surface area contributed by atoms with Gasteiger partial charge in [0.05, 0.1) is 33.3 Å². The van der Waals surface area contributed by atoms with Crippen LogP contribution in [0, 0.1) is 0 Å². The summed E-state index contributed by atoms with van der Waals surface area (Å²) in [6, 6.07) is 3.20. The van der Waals surface area contributed by atoms with Gasteiger partial charge >= 0.3 is 7.69 Å². The monoisotopic (exact) mass is 418 g/mol. The number of benzene rings is 2. The van der Waals surface area contributed by atoms with Gasteiger partial charge < -0.3 is 18.8 Å². The van der Waals surface area contributed by atoms with E-state index in [-0.39, 0.29) is 7.69 Å². The highest BCUT2D eigenvalue weighted by Crippen LogP contribution is 2.45. The van der Waals surface area contributed by atoms with Gasteiger partial charge in [-0.05, 0) is 12.1 Å². The van der Waals surface area contributed by atoms with Crippen molar-refractivity contribution in [2.45, 2.75) is 12.8 Å². The van der Waals surface area contributed by atoms with Gasteiger partial charge in [-0.3, -0.25) is 0 Å². The van der Waals surface area contributed by atoms with E-state index in [4.69, 9.17) is 65.2 Å². The molecule has 4 rings (SSSR count). The molecular formula is C16H11BCl4O4. The molecule has 0 aliphatic carbocycles. The minimum atomic E-state index is -0.0679. The molecule has 0 N–H and O–H groups in total. The molecule has 130 valence electrons. The van der Waals surface area contributed by atoms with Gasteiger partial charge in [-0.25, -0.2) is 0 Å². The van der Waals surface area contributed by atoms with Crippen LogP contribution in [0.1, 0.15) is 11.1 Å². The third-order valence-corrected chi connectivity index (χ3v) is 5.20. The molecule has 2 aliphatic heterocycles. The van der Waals surface area contributed by atoms with E-state index >= 15 is 0 Å². The Balaban J connectivity index is 1.55. The maximum absolute atomic E-state index is 6.26. The lowest BCUT2D eigenvalue weighted by atomic mass is 10.1. The molecule has 0 saturated carbocycles. The van der Waals surface area contributed by atoms with E-state index in [1.807, 2.05) is 0 Å². The predicted molar refractivity (Wildman–Crippen MR) is 99.7 cm³/mol. The van der Waals surface area contributed by atoms with Gasteiger partial charge in [0.15, 0.2) is 0 Å². The summed E-state index contributed by atoms with van der Waals surface area (Å²) >= 11 is 24.8. The fourth-order valence-corrected chi connectivity index (χ4v) is 4.23. The van der Waals surface area contributed by atoms with Gasteiger partial charge in [0.2, 0.25) is 0 Å². The molecule has 0 unspecified atom stereocenters. The van der Waals surface area contributed by atoms with Gasteiger partial charge in [0, 0.05) is 24.0 Å². The minimum absolute atomic E-state index is 0.0679. The van der Waals surface area contributed by atoms with E-state index in [9.17, 15) is 0 Å². The summed E-state index contributed by atoms with van der Waals surface area (Å²) < 4.78 is 22.6. The van der Waals surface area contributed by atoms with Crippen molar-refractivity contribution in [2.75, 3.05) is 13.2 Å². The Labute approximate surface area is 165 Å². The van der Waals surface area contributed by atoms with Crippen LogP contribution >= 0.6 is 46.4 Å².